The summed E-state index contributed by atoms with van der Waals surface area (Å²) >= 11 is 6.96. The van der Waals surface area contributed by atoms with Gasteiger partial charge in [0.1, 0.15) is 17.6 Å². The maximum absolute atomic E-state index is 12.6. The van der Waals surface area contributed by atoms with Gasteiger partial charge in [-0.1, -0.05) is 76.0 Å². The van der Waals surface area contributed by atoms with Crippen molar-refractivity contribution >= 4 is 37.8 Å². The van der Waals surface area contributed by atoms with Crippen LogP contribution in [0, 0.1) is 28.6 Å². The van der Waals surface area contributed by atoms with Gasteiger partial charge in [-0.2, -0.15) is 5.26 Å². The first-order valence-electron chi connectivity index (χ1n) is 8.55. The number of hydrogen-bond donors (Lipinski definition) is 0. The van der Waals surface area contributed by atoms with E-state index in [4.69, 9.17) is 9.47 Å². The number of carbonyl (C=O) groups excluding carboxylic acids is 1. The van der Waals surface area contributed by atoms with Gasteiger partial charge in [0.15, 0.2) is 0 Å². The van der Waals surface area contributed by atoms with Gasteiger partial charge in [-0.05, 0) is 29.7 Å². The minimum atomic E-state index is -0.974. The van der Waals surface area contributed by atoms with E-state index in [0.29, 0.717) is 17.1 Å². The van der Waals surface area contributed by atoms with Gasteiger partial charge in [0, 0.05) is 11.5 Å². The number of ether oxygens (including phenoxy) is 2. The zero-order valence-corrected chi connectivity index (χ0v) is 18.1. The fraction of sp³-hybridized carbons (Fsp3) is 0.333. The van der Waals surface area contributed by atoms with Crippen LogP contribution >= 0.6 is 31.9 Å². The second-order valence-corrected chi connectivity index (χ2v) is 10.3. The lowest BCUT2D eigenvalue weighted by Crippen LogP contribution is -2.15. The molecule has 1 aliphatic rings. The lowest BCUT2D eigenvalue weighted by atomic mass is 10.1. The first-order valence-corrected chi connectivity index (χ1v) is 10.4. The van der Waals surface area contributed by atoms with Crippen LogP contribution in [0.3, 0.4) is 0 Å². The zero-order valence-electron chi connectivity index (χ0n) is 14.9. The van der Waals surface area contributed by atoms with Gasteiger partial charge in [0.2, 0.25) is 6.10 Å². The summed E-state index contributed by atoms with van der Waals surface area (Å²) in [6.07, 6.45) is -0.974. The van der Waals surface area contributed by atoms with Crippen molar-refractivity contribution in [2.45, 2.75) is 23.7 Å². The number of hydrogen-bond acceptors (Lipinski definition) is 4. The highest BCUT2D eigenvalue weighted by Gasteiger charge is 2.65. The van der Waals surface area contributed by atoms with Crippen LogP contribution in [0.2, 0.25) is 0 Å². The van der Waals surface area contributed by atoms with Crippen molar-refractivity contribution < 1.29 is 14.3 Å². The number of benzene rings is 2. The Hall–Kier alpha value is -1.84. The standard InChI is InChI=1S/C21H19Br2NO3/c1-21(2)17(19(22)23)18(21)20(25)27-16(12-24)13-7-6-10-15(11-13)26-14-8-4-3-5-9-14/h3-11,16-19H,1-2H3. The fourth-order valence-corrected chi connectivity index (χ4v) is 5.30. The monoisotopic (exact) mass is 491 g/mol. The highest BCUT2D eigenvalue weighted by molar-refractivity contribution is 9.24. The molecule has 1 aliphatic carbocycles. The van der Waals surface area contributed by atoms with Gasteiger partial charge in [-0.25, -0.2) is 0 Å². The van der Waals surface area contributed by atoms with Crippen LogP contribution in [-0.2, 0) is 9.53 Å². The van der Waals surface area contributed by atoms with Crippen molar-refractivity contribution in [2.75, 3.05) is 0 Å². The summed E-state index contributed by atoms with van der Waals surface area (Å²) in [5, 5.41) is 9.53. The lowest BCUT2D eigenvalue weighted by Gasteiger charge is -2.13. The number of para-hydroxylation sites is 1. The van der Waals surface area contributed by atoms with E-state index in [1.165, 1.54) is 0 Å². The maximum atomic E-state index is 12.6. The third kappa shape index (κ3) is 4.36. The van der Waals surface area contributed by atoms with Crippen LogP contribution in [0.25, 0.3) is 0 Å². The molecular formula is C21H19Br2NO3. The van der Waals surface area contributed by atoms with Crippen LogP contribution in [-0.4, -0.2) is 9.71 Å². The molecule has 0 bridgehead atoms. The molecule has 3 rings (SSSR count). The molecule has 0 aromatic heterocycles. The predicted octanol–water partition coefficient (Wildman–Crippen LogP) is 5.97. The summed E-state index contributed by atoms with van der Waals surface area (Å²) in [7, 11) is 0. The molecule has 1 fully saturated rings. The zero-order chi connectivity index (χ0) is 19.6. The van der Waals surface area contributed by atoms with E-state index >= 15 is 0 Å². The smallest absolute Gasteiger partial charge is 0.311 e. The van der Waals surface area contributed by atoms with Crippen molar-refractivity contribution in [3.05, 3.63) is 60.2 Å². The molecule has 0 saturated heterocycles. The Morgan fingerprint density at radius 1 is 1.11 bits per heavy atom. The highest BCUT2D eigenvalue weighted by atomic mass is 79.9. The molecule has 27 heavy (non-hydrogen) atoms. The van der Waals surface area contributed by atoms with Crippen LogP contribution in [0.1, 0.15) is 25.5 Å². The highest BCUT2D eigenvalue weighted by Crippen LogP contribution is 2.63. The van der Waals surface area contributed by atoms with Crippen LogP contribution in [0.5, 0.6) is 11.5 Å². The SMILES string of the molecule is CC1(C)C(C(=O)OC(C#N)c2cccc(Oc3ccccc3)c2)C1C(Br)Br. The molecule has 3 atom stereocenters. The van der Waals surface area contributed by atoms with E-state index in [0.717, 1.165) is 0 Å². The van der Waals surface area contributed by atoms with Crippen molar-refractivity contribution in [3.63, 3.8) is 0 Å². The summed E-state index contributed by atoms with van der Waals surface area (Å²) in [6.45, 7) is 4.05. The molecule has 3 unspecified atom stereocenters. The van der Waals surface area contributed by atoms with Crippen molar-refractivity contribution in [1.29, 1.82) is 5.26 Å². The van der Waals surface area contributed by atoms with E-state index in [9.17, 15) is 10.1 Å². The van der Waals surface area contributed by atoms with Crippen LogP contribution < -0.4 is 4.74 Å². The minimum absolute atomic E-state index is 0.0284. The normalized spacial score (nSPS) is 21.2. The molecule has 0 amide bonds. The third-order valence-corrected chi connectivity index (χ3v) is 6.07. The number of esters is 1. The summed E-state index contributed by atoms with van der Waals surface area (Å²) < 4.78 is 11.4. The summed E-state index contributed by atoms with van der Waals surface area (Å²) in [5.74, 6) is 0.803. The summed E-state index contributed by atoms with van der Waals surface area (Å²) in [5.41, 5.74) is 0.413. The van der Waals surface area contributed by atoms with Gasteiger partial charge < -0.3 is 9.47 Å². The summed E-state index contributed by atoms with van der Waals surface area (Å²) in [6, 6.07) is 18.5. The number of nitriles is 1. The molecule has 4 nitrogen and oxygen atoms in total. The number of alkyl halides is 2. The average Bonchev–Trinajstić information content (AvgIpc) is 3.23. The molecule has 1 saturated carbocycles. The Bertz CT molecular complexity index is 861. The second kappa shape index (κ2) is 8.04. The average molecular weight is 493 g/mol. The molecule has 0 aliphatic heterocycles. The van der Waals surface area contributed by atoms with Crippen LogP contribution in [0.4, 0.5) is 0 Å². The van der Waals surface area contributed by atoms with Gasteiger partial charge in [0.05, 0.1) is 9.65 Å². The van der Waals surface area contributed by atoms with E-state index < -0.39 is 6.10 Å². The maximum Gasteiger partial charge on any atom is 0.311 e. The van der Waals surface area contributed by atoms with E-state index in [1.54, 1.807) is 24.3 Å². The van der Waals surface area contributed by atoms with Gasteiger partial charge in [0.25, 0.3) is 0 Å². The largest absolute Gasteiger partial charge is 0.457 e. The number of rotatable bonds is 6. The predicted molar refractivity (Wildman–Crippen MR) is 110 cm³/mol. The minimum Gasteiger partial charge on any atom is -0.457 e. The van der Waals surface area contributed by atoms with Crippen molar-refractivity contribution in [2.24, 2.45) is 17.3 Å². The first kappa shape index (κ1) is 19.9. The lowest BCUT2D eigenvalue weighted by molar-refractivity contribution is -0.149. The van der Waals surface area contributed by atoms with E-state index in [2.05, 4.69) is 37.9 Å². The first-order chi connectivity index (χ1) is 12.8. The van der Waals surface area contributed by atoms with Crippen LogP contribution in [0.15, 0.2) is 54.6 Å². The van der Waals surface area contributed by atoms with Gasteiger partial charge >= 0.3 is 5.97 Å². The molecule has 0 heterocycles. The van der Waals surface area contributed by atoms with Gasteiger partial charge in [-0.15, -0.1) is 0 Å². The summed E-state index contributed by atoms with van der Waals surface area (Å²) in [4.78, 5) is 12.6. The number of nitrogens with zero attached hydrogens (tertiary/aromatic N) is 1. The molecule has 6 heteroatoms. The Balaban J connectivity index is 1.72. The molecule has 0 spiro atoms. The quantitative estimate of drug-likeness (QED) is 0.368. The molecule has 140 valence electrons. The Kier molecular flexibility index (Phi) is 5.92. The number of carbonyl (C=O) groups is 1. The molecule has 0 radical (unpaired) electrons. The molecular weight excluding hydrogens is 474 g/mol. The molecule has 2 aromatic rings. The Labute approximate surface area is 175 Å². The van der Waals surface area contributed by atoms with Crippen molar-refractivity contribution in [1.82, 2.24) is 0 Å². The second-order valence-electron chi connectivity index (χ2n) is 7.09. The Morgan fingerprint density at radius 2 is 1.78 bits per heavy atom. The topological polar surface area (TPSA) is 59.3 Å². The van der Waals surface area contributed by atoms with Gasteiger partial charge in [-0.3, -0.25) is 4.79 Å². The van der Waals surface area contributed by atoms with E-state index in [-0.39, 0.29) is 27.0 Å². The molecule has 0 N–H and O–H groups in total. The third-order valence-electron chi connectivity index (χ3n) is 4.93. The Morgan fingerprint density at radius 3 is 2.37 bits per heavy atom. The fourth-order valence-electron chi connectivity index (χ4n) is 3.32. The van der Waals surface area contributed by atoms with Crippen molar-refractivity contribution in [3.8, 4) is 17.6 Å². The number of halogens is 2. The van der Waals surface area contributed by atoms with E-state index in [1.807, 2.05) is 44.2 Å². The molecule has 2 aromatic carbocycles.